The van der Waals surface area contributed by atoms with E-state index in [1.54, 1.807) is 6.20 Å². The first-order chi connectivity index (χ1) is 13.8. The Bertz CT molecular complexity index is 897. The molecule has 144 valence electrons. The summed E-state index contributed by atoms with van der Waals surface area (Å²) in [7, 11) is 0. The van der Waals surface area contributed by atoms with Crippen molar-refractivity contribution in [3.63, 3.8) is 0 Å². The molecule has 0 bridgehead atoms. The maximum Gasteiger partial charge on any atom is 0.237 e. The summed E-state index contributed by atoms with van der Waals surface area (Å²) in [5.74, 6) is 0.102. The van der Waals surface area contributed by atoms with Crippen LogP contribution in [0.5, 0.6) is 0 Å². The topological polar surface area (TPSA) is 59.0 Å². The van der Waals surface area contributed by atoms with Crippen LogP contribution in [-0.2, 0) is 17.9 Å². The number of nitrogens with zero attached hydrogens (tertiary/aromatic N) is 2. The lowest BCUT2D eigenvalue weighted by Crippen LogP contribution is -2.46. The highest BCUT2D eigenvalue weighted by Gasteiger charge is 2.20. The van der Waals surface area contributed by atoms with Gasteiger partial charge in [0.2, 0.25) is 5.91 Å². The summed E-state index contributed by atoms with van der Waals surface area (Å²) in [5, 5.41) is 6.42. The van der Waals surface area contributed by atoms with Crippen molar-refractivity contribution < 1.29 is 4.79 Å². The van der Waals surface area contributed by atoms with Gasteiger partial charge < -0.3 is 15.2 Å². The van der Waals surface area contributed by atoms with E-state index in [-0.39, 0.29) is 11.9 Å². The van der Waals surface area contributed by atoms with Gasteiger partial charge in [-0.3, -0.25) is 4.79 Å². The number of imidazole rings is 1. The second-order valence-corrected chi connectivity index (χ2v) is 7.31. The van der Waals surface area contributed by atoms with Gasteiger partial charge in [0, 0.05) is 25.5 Å². The number of benzene rings is 2. The zero-order valence-corrected chi connectivity index (χ0v) is 16.0. The summed E-state index contributed by atoms with van der Waals surface area (Å²) < 4.78 is 2.05. The molecule has 2 N–H and O–H groups in total. The molecule has 0 unspecified atom stereocenters. The lowest BCUT2D eigenvalue weighted by molar-refractivity contribution is -0.123. The molecule has 2 heterocycles. The first-order valence-corrected chi connectivity index (χ1v) is 9.94. The largest absolute Gasteiger partial charge is 0.351 e. The van der Waals surface area contributed by atoms with Crippen molar-refractivity contribution in [3.05, 3.63) is 78.4 Å². The predicted octanol–water partition coefficient (Wildman–Crippen LogP) is 3.36. The fourth-order valence-corrected chi connectivity index (χ4v) is 3.72. The highest BCUT2D eigenvalue weighted by molar-refractivity contribution is 5.82. The van der Waals surface area contributed by atoms with Crippen molar-refractivity contribution in [2.24, 2.45) is 0 Å². The fourth-order valence-electron chi connectivity index (χ4n) is 3.72. The van der Waals surface area contributed by atoms with Crippen molar-refractivity contribution in [1.29, 1.82) is 0 Å². The number of piperidine rings is 1. The Hall–Kier alpha value is -2.92. The molecule has 1 fully saturated rings. The average molecular weight is 374 g/mol. The van der Waals surface area contributed by atoms with Gasteiger partial charge in [-0.25, -0.2) is 4.98 Å². The van der Waals surface area contributed by atoms with E-state index in [2.05, 4.69) is 56.6 Å². The fraction of sp³-hybridized carbons (Fsp3) is 0.304. The van der Waals surface area contributed by atoms with Crippen LogP contribution in [-0.4, -0.2) is 28.0 Å². The SMILES string of the molecule is O=C(NCc1ccccc1-c1ccc(Cn2ccnc2)cc1)[C@H]1CCCCN1. The number of rotatable bonds is 6. The Morgan fingerprint density at radius 3 is 2.75 bits per heavy atom. The second kappa shape index (κ2) is 8.85. The first kappa shape index (κ1) is 18.4. The molecule has 1 aromatic heterocycles. The highest BCUT2D eigenvalue weighted by atomic mass is 16.2. The van der Waals surface area contributed by atoms with E-state index in [9.17, 15) is 4.79 Å². The second-order valence-electron chi connectivity index (χ2n) is 7.31. The molecule has 1 atom stereocenters. The smallest absolute Gasteiger partial charge is 0.237 e. The van der Waals surface area contributed by atoms with Crippen molar-refractivity contribution in [2.45, 2.75) is 38.4 Å². The monoisotopic (exact) mass is 374 g/mol. The van der Waals surface area contributed by atoms with E-state index in [1.165, 1.54) is 5.56 Å². The van der Waals surface area contributed by atoms with E-state index >= 15 is 0 Å². The Morgan fingerprint density at radius 2 is 2.00 bits per heavy atom. The van der Waals surface area contributed by atoms with Crippen LogP contribution in [0.4, 0.5) is 0 Å². The van der Waals surface area contributed by atoms with E-state index in [1.807, 2.05) is 24.7 Å². The minimum Gasteiger partial charge on any atom is -0.351 e. The van der Waals surface area contributed by atoms with Crippen LogP contribution in [0.3, 0.4) is 0 Å². The molecule has 1 amide bonds. The lowest BCUT2D eigenvalue weighted by atomic mass is 9.98. The Balaban J connectivity index is 1.44. The summed E-state index contributed by atoms with van der Waals surface area (Å²) in [6.45, 7) is 2.29. The highest BCUT2D eigenvalue weighted by Crippen LogP contribution is 2.24. The maximum atomic E-state index is 12.4. The molecule has 2 aromatic carbocycles. The number of carbonyl (C=O) groups excluding carboxylic acids is 1. The van der Waals surface area contributed by atoms with Crippen LogP contribution in [0, 0.1) is 0 Å². The minimum absolute atomic E-state index is 0.0524. The number of amides is 1. The van der Waals surface area contributed by atoms with E-state index < -0.39 is 0 Å². The molecule has 0 radical (unpaired) electrons. The van der Waals surface area contributed by atoms with Gasteiger partial charge >= 0.3 is 0 Å². The van der Waals surface area contributed by atoms with Crippen molar-refractivity contribution >= 4 is 5.91 Å². The van der Waals surface area contributed by atoms with Crippen molar-refractivity contribution in [3.8, 4) is 11.1 Å². The lowest BCUT2D eigenvalue weighted by Gasteiger charge is -2.22. The number of aromatic nitrogens is 2. The molecular formula is C23H26N4O. The number of hydrogen-bond donors (Lipinski definition) is 2. The van der Waals surface area contributed by atoms with Gasteiger partial charge in [0.25, 0.3) is 0 Å². The molecule has 0 saturated carbocycles. The molecule has 0 aliphatic carbocycles. The molecule has 3 aromatic rings. The van der Waals surface area contributed by atoms with Gasteiger partial charge in [-0.2, -0.15) is 0 Å². The first-order valence-electron chi connectivity index (χ1n) is 9.94. The molecule has 5 heteroatoms. The van der Waals surface area contributed by atoms with Crippen LogP contribution in [0.1, 0.15) is 30.4 Å². The van der Waals surface area contributed by atoms with Gasteiger partial charge in [0.15, 0.2) is 0 Å². The van der Waals surface area contributed by atoms with Gasteiger partial charge in [-0.05, 0) is 41.6 Å². The van der Waals surface area contributed by atoms with Crippen LogP contribution < -0.4 is 10.6 Å². The summed E-state index contributed by atoms with van der Waals surface area (Å²) in [4.78, 5) is 16.5. The van der Waals surface area contributed by atoms with Crippen molar-refractivity contribution in [1.82, 2.24) is 20.2 Å². The summed E-state index contributed by atoms with van der Waals surface area (Å²) >= 11 is 0. The molecule has 1 saturated heterocycles. The Morgan fingerprint density at radius 1 is 1.14 bits per heavy atom. The average Bonchev–Trinajstić information content (AvgIpc) is 3.26. The van der Waals surface area contributed by atoms with E-state index in [0.29, 0.717) is 6.54 Å². The number of hydrogen-bond acceptors (Lipinski definition) is 3. The minimum atomic E-state index is -0.0524. The van der Waals surface area contributed by atoms with Crippen LogP contribution in [0.15, 0.2) is 67.3 Å². The molecule has 5 nitrogen and oxygen atoms in total. The molecule has 1 aliphatic rings. The Kier molecular flexibility index (Phi) is 5.83. The summed E-state index contributed by atoms with van der Waals surface area (Å²) in [5.41, 5.74) is 4.69. The third-order valence-corrected chi connectivity index (χ3v) is 5.29. The molecule has 4 rings (SSSR count). The maximum absolute atomic E-state index is 12.4. The van der Waals surface area contributed by atoms with Gasteiger partial charge in [0.05, 0.1) is 12.4 Å². The van der Waals surface area contributed by atoms with E-state index in [4.69, 9.17) is 0 Å². The quantitative estimate of drug-likeness (QED) is 0.696. The third kappa shape index (κ3) is 4.49. The number of carbonyl (C=O) groups is 1. The van der Waals surface area contributed by atoms with Gasteiger partial charge in [-0.15, -0.1) is 0 Å². The zero-order valence-electron chi connectivity index (χ0n) is 16.0. The van der Waals surface area contributed by atoms with Crippen LogP contribution in [0.2, 0.25) is 0 Å². The normalized spacial score (nSPS) is 16.6. The van der Waals surface area contributed by atoms with Crippen LogP contribution in [0.25, 0.3) is 11.1 Å². The summed E-state index contributed by atoms with van der Waals surface area (Å²) in [6, 6.07) is 16.8. The van der Waals surface area contributed by atoms with Gasteiger partial charge in [0.1, 0.15) is 0 Å². The van der Waals surface area contributed by atoms with E-state index in [0.717, 1.165) is 49.0 Å². The molecule has 0 spiro atoms. The molecule has 1 aliphatic heterocycles. The van der Waals surface area contributed by atoms with Gasteiger partial charge in [-0.1, -0.05) is 55.0 Å². The predicted molar refractivity (Wildman–Crippen MR) is 111 cm³/mol. The Labute approximate surface area is 165 Å². The zero-order chi connectivity index (χ0) is 19.2. The van der Waals surface area contributed by atoms with Crippen LogP contribution >= 0.6 is 0 Å². The standard InChI is InChI=1S/C23H26N4O/c28-23(22-7-3-4-12-25-22)26-15-20-5-1-2-6-21(20)19-10-8-18(9-11-19)16-27-14-13-24-17-27/h1-2,5-6,8-11,13-14,17,22,25H,3-4,7,12,15-16H2,(H,26,28)/t22-/m1/s1. The third-order valence-electron chi connectivity index (χ3n) is 5.29. The van der Waals surface area contributed by atoms with Crippen molar-refractivity contribution in [2.75, 3.05) is 6.54 Å². The molecular weight excluding hydrogens is 348 g/mol. The summed E-state index contributed by atoms with van der Waals surface area (Å²) in [6.07, 6.45) is 8.78. The number of nitrogens with one attached hydrogen (secondary N) is 2. The molecule has 28 heavy (non-hydrogen) atoms.